The predicted molar refractivity (Wildman–Crippen MR) is 94.4 cm³/mol. The Morgan fingerprint density at radius 1 is 1.08 bits per heavy atom. The molecule has 1 amide bonds. The number of hydrogen-bond donors (Lipinski definition) is 1. The van der Waals surface area contributed by atoms with E-state index in [4.69, 9.17) is 4.74 Å². The molecule has 0 aliphatic heterocycles. The molecule has 0 radical (unpaired) electrons. The Hall–Kier alpha value is -3.02. The van der Waals surface area contributed by atoms with Gasteiger partial charge in [0.15, 0.2) is 6.10 Å². The average molecular weight is 357 g/mol. The topological polar surface area (TPSA) is 72.5 Å². The van der Waals surface area contributed by atoms with Crippen molar-refractivity contribution in [2.24, 2.45) is 0 Å². The molecular formula is C20H20FNO4. The fraction of sp³-hybridized carbons (Fsp3) is 0.250. The van der Waals surface area contributed by atoms with Crippen LogP contribution in [0.1, 0.15) is 40.1 Å². The van der Waals surface area contributed by atoms with Crippen LogP contribution < -0.4 is 5.32 Å². The number of carbonyl (C=O) groups is 3. The third-order valence-corrected chi connectivity index (χ3v) is 3.84. The van der Waals surface area contributed by atoms with Crippen molar-refractivity contribution in [3.8, 4) is 0 Å². The van der Waals surface area contributed by atoms with E-state index in [2.05, 4.69) is 5.32 Å². The molecular weight excluding hydrogens is 337 g/mol. The summed E-state index contributed by atoms with van der Waals surface area (Å²) in [5.74, 6) is -2.52. The maximum absolute atomic E-state index is 13.5. The number of halogens is 1. The van der Waals surface area contributed by atoms with Crippen LogP contribution in [0.2, 0.25) is 0 Å². The minimum Gasteiger partial charge on any atom is -0.453 e. The van der Waals surface area contributed by atoms with E-state index in [1.165, 1.54) is 25.1 Å². The molecule has 0 aliphatic carbocycles. The van der Waals surface area contributed by atoms with Crippen LogP contribution in [0.15, 0.2) is 48.5 Å². The highest BCUT2D eigenvalue weighted by molar-refractivity contribution is 6.00. The summed E-state index contributed by atoms with van der Waals surface area (Å²) in [7, 11) is 0. The van der Waals surface area contributed by atoms with Gasteiger partial charge in [0.2, 0.25) is 5.78 Å². The molecule has 0 spiro atoms. The molecule has 1 atom stereocenters. The van der Waals surface area contributed by atoms with Gasteiger partial charge in [-0.05, 0) is 31.0 Å². The van der Waals surface area contributed by atoms with E-state index in [0.717, 1.165) is 18.1 Å². The maximum Gasteiger partial charge on any atom is 0.326 e. The van der Waals surface area contributed by atoms with Crippen LogP contribution in [-0.4, -0.2) is 30.3 Å². The fourth-order valence-electron chi connectivity index (χ4n) is 2.32. The largest absolute Gasteiger partial charge is 0.453 e. The second kappa shape index (κ2) is 8.89. The minimum absolute atomic E-state index is 0.166. The second-order valence-electron chi connectivity index (χ2n) is 5.71. The maximum atomic E-state index is 13.5. The van der Waals surface area contributed by atoms with E-state index in [0.29, 0.717) is 5.56 Å². The standard InChI is InChI=1S/C20H20FNO4/c1-3-14-8-10-15(11-9-14)19(24)13(2)26-18(23)12-22-20(25)16-6-4-5-7-17(16)21/h4-11,13H,3,12H2,1-2H3,(H,22,25). The van der Waals surface area contributed by atoms with Gasteiger partial charge >= 0.3 is 5.97 Å². The first-order valence-electron chi connectivity index (χ1n) is 8.27. The average Bonchev–Trinajstić information content (AvgIpc) is 2.66. The van der Waals surface area contributed by atoms with Gasteiger partial charge < -0.3 is 10.1 Å². The molecule has 2 aromatic carbocycles. The lowest BCUT2D eigenvalue weighted by Gasteiger charge is -2.13. The van der Waals surface area contributed by atoms with Gasteiger partial charge in [-0.3, -0.25) is 14.4 Å². The number of ether oxygens (including phenoxy) is 1. The van der Waals surface area contributed by atoms with Crippen molar-refractivity contribution < 1.29 is 23.5 Å². The molecule has 2 rings (SSSR count). The van der Waals surface area contributed by atoms with Crippen LogP contribution in [0, 0.1) is 5.82 Å². The number of aryl methyl sites for hydroxylation is 1. The van der Waals surface area contributed by atoms with Crippen LogP contribution in [0.4, 0.5) is 4.39 Å². The molecule has 0 saturated carbocycles. The lowest BCUT2D eigenvalue weighted by atomic mass is 10.0. The Balaban J connectivity index is 1.87. The lowest BCUT2D eigenvalue weighted by molar-refractivity contribution is -0.145. The second-order valence-corrected chi connectivity index (χ2v) is 5.71. The highest BCUT2D eigenvalue weighted by Crippen LogP contribution is 2.10. The van der Waals surface area contributed by atoms with Crippen molar-refractivity contribution in [3.63, 3.8) is 0 Å². The minimum atomic E-state index is -0.986. The number of rotatable bonds is 7. The van der Waals surface area contributed by atoms with Crippen molar-refractivity contribution in [2.75, 3.05) is 6.54 Å². The summed E-state index contributed by atoms with van der Waals surface area (Å²) in [5.41, 5.74) is 1.38. The monoisotopic (exact) mass is 357 g/mol. The molecule has 26 heavy (non-hydrogen) atoms. The number of carbonyl (C=O) groups excluding carboxylic acids is 3. The number of hydrogen-bond acceptors (Lipinski definition) is 4. The van der Waals surface area contributed by atoms with Gasteiger partial charge in [-0.25, -0.2) is 4.39 Å². The van der Waals surface area contributed by atoms with Gasteiger partial charge in [0, 0.05) is 5.56 Å². The van der Waals surface area contributed by atoms with E-state index in [-0.39, 0.29) is 11.3 Å². The van der Waals surface area contributed by atoms with E-state index < -0.39 is 30.3 Å². The molecule has 5 nitrogen and oxygen atoms in total. The Labute approximate surface area is 151 Å². The van der Waals surface area contributed by atoms with Crippen molar-refractivity contribution in [1.29, 1.82) is 0 Å². The molecule has 0 saturated heterocycles. The summed E-state index contributed by atoms with van der Waals surface area (Å²) >= 11 is 0. The number of Topliss-reactive ketones (excluding diaryl/α,β-unsaturated/α-hetero) is 1. The molecule has 2 aromatic rings. The molecule has 0 bridgehead atoms. The van der Waals surface area contributed by atoms with Crippen molar-refractivity contribution >= 4 is 17.7 Å². The summed E-state index contributed by atoms with van der Waals surface area (Å²) in [6.45, 7) is 3.02. The summed E-state index contributed by atoms with van der Waals surface area (Å²) in [6, 6.07) is 12.5. The van der Waals surface area contributed by atoms with Crippen LogP contribution in [0.3, 0.4) is 0 Å². The van der Waals surface area contributed by atoms with E-state index in [9.17, 15) is 18.8 Å². The lowest BCUT2D eigenvalue weighted by Crippen LogP contribution is -2.34. The summed E-state index contributed by atoms with van der Waals surface area (Å²) in [6.07, 6.45) is -0.124. The first kappa shape index (κ1) is 19.3. The molecule has 0 heterocycles. The summed E-state index contributed by atoms with van der Waals surface area (Å²) < 4.78 is 18.5. The van der Waals surface area contributed by atoms with E-state index in [1.807, 2.05) is 19.1 Å². The van der Waals surface area contributed by atoms with Gasteiger partial charge in [0.25, 0.3) is 5.91 Å². The number of ketones is 1. The van der Waals surface area contributed by atoms with Crippen LogP contribution in [0.5, 0.6) is 0 Å². The first-order valence-corrected chi connectivity index (χ1v) is 8.27. The first-order chi connectivity index (χ1) is 12.4. The zero-order chi connectivity index (χ0) is 19.1. The molecule has 0 aromatic heterocycles. The quantitative estimate of drug-likeness (QED) is 0.611. The summed E-state index contributed by atoms with van der Waals surface area (Å²) in [5, 5.41) is 2.27. The third kappa shape index (κ3) is 4.99. The van der Waals surface area contributed by atoms with Gasteiger partial charge in [0.1, 0.15) is 12.4 Å². The number of nitrogens with one attached hydrogen (secondary N) is 1. The highest BCUT2D eigenvalue weighted by atomic mass is 19.1. The smallest absolute Gasteiger partial charge is 0.326 e. The van der Waals surface area contributed by atoms with Crippen LogP contribution in [0.25, 0.3) is 0 Å². The Morgan fingerprint density at radius 2 is 1.73 bits per heavy atom. The SMILES string of the molecule is CCc1ccc(C(=O)C(C)OC(=O)CNC(=O)c2ccccc2F)cc1. The molecule has 1 N–H and O–H groups in total. The van der Waals surface area contributed by atoms with Gasteiger partial charge in [-0.2, -0.15) is 0 Å². The molecule has 0 fully saturated rings. The number of benzene rings is 2. The van der Waals surface area contributed by atoms with Crippen molar-refractivity contribution in [1.82, 2.24) is 5.32 Å². The van der Waals surface area contributed by atoms with E-state index >= 15 is 0 Å². The van der Waals surface area contributed by atoms with Crippen LogP contribution >= 0.6 is 0 Å². The predicted octanol–water partition coefficient (Wildman–Crippen LogP) is 2.93. The van der Waals surface area contributed by atoms with E-state index in [1.54, 1.807) is 12.1 Å². The zero-order valence-electron chi connectivity index (χ0n) is 14.6. The number of esters is 1. The highest BCUT2D eigenvalue weighted by Gasteiger charge is 2.20. The van der Waals surface area contributed by atoms with Crippen LogP contribution in [-0.2, 0) is 16.0 Å². The van der Waals surface area contributed by atoms with Gasteiger partial charge in [-0.1, -0.05) is 43.3 Å². The molecule has 136 valence electrons. The molecule has 6 heteroatoms. The zero-order valence-corrected chi connectivity index (χ0v) is 14.6. The van der Waals surface area contributed by atoms with Gasteiger partial charge in [0.05, 0.1) is 5.56 Å². The third-order valence-electron chi connectivity index (χ3n) is 3.84. The Morgan fingerprint density at radius 3 is 2.35 bits per heavy atom. The van der Waals surface area contributed by atoms with Crippen molar-refractivity contribution in [3.05, 3.63) is 71.0 Å². The molecule has 1 unspecified atom stereocenters. The normalized spacial score (nSPS) is 11.5. The van der Waals surface area contributed by atoms with Gasteiger partial charge in [-0.15, -0.1) is 0 Å². The van der Waals surface area contributed by atoms with Crippen molar-refractivity contribution in [2.45, 2.75) is 26.4 Å². The Kier molecular flexibility index (Phi) is 6.60. The molecule has 0 aliphatic rings. The number of amides is 1. The fourth-order valence-corrected chi connectivity index (χ4v) is 2.32. The summed E-state index contributed by atoms with van der Waals surface area (Å²) in [4.78, 5) is 35.9. The Bertz CT molecular complexity index is 802.